The first-order chi connectivity index (χ1) is 12.7. The third-order valence-corrected chi connectivity index (χ3v) is 5.40. The molecule has 0 amide bonds. The van der Waals surface area contributed by atoms with Crippen molar-refractivity contribution in [3.8, 4) is 17.2 Å². The molecule has 0 aromatic heterocycles. The van der Waals surface area contributed by atoms with Gasteiger partial charge in [-0.2, -0.15) is 0 Å². The molecule has 5 heteroatoms. The molecule has 1 aliphatic heterocycles. The number of ether oxygens (including phenoxy) is 3. The lowest BCUT2D eigenvalue weighted by molar-refractivity contribution is 0.125. The van der Waals surface area contributed by atoms with Crippen LogP contribution in [-0.4, -0.2) is 46.1 Å². The van der Waals surface area contributed by atoms with Gasteiger partial charge in [0.25, 0.3) is 0 Å². The van der Waals surface area contributed by atoms with E-state index in [0.29, 0.717) is 11.5 Å². The van der Waals surface area contributed by atoms with Crippen molar-refractivity contribution in [2.45, 2.75) is 12.3 Å². The molecule has 1 fully saturated rings. The summed E-state index contributed by atoms with van der Waals surface area (Å²) in [5.74, 6) is 2.45. The molecular weight excluding hydrogens is 330 g/mol. The first kappa shape index (κ1) is 18.5. The van der Waals surface area contributed by atoms with E-state index in [2.05, 4.69) is 11.4 Å². The van der Waals surface area contributed by atoms with E-state index in [-0.39, 0.29) is 17.9 Å². The molecule has 0 radical (unpaired) electrons. The molecule has 1 heterocycles. The first-order valence-corrected chi connectivity index (χ1v) is 8.83. The fourth-order valence-electron chi connectivity index (χ4n) is 4.00. The van der Waals surface area contributed by atoms with Crippen LogP contribution in [0.25, 0.3) is 0 Å². The lowest BCUT2D eigenvalue weighted by Gasteiger charge is -2.34. The van der Waals surface area contributed by atoms with Gasteiger partial charge in [0.2, 0.25) is 0 Å². The van der Waals surface area contributed by atoms with Gasteiger partial charge in [0, 0.05) is 24.4 Å². The Kier molecular flexibility index (Phi) is 5.69. The van der Waals surface area contributed by atoms with Crippen LogP contribution in [0, 0.1) is 5.41 Å². The summed E-state index contributed by atoms with van der Waals surface area (Å²) in [6.45, 7) is 1.66. The summed E-state index contributed by atoms with van der Waals surface area (Å²) in [7, 11) is 4.96. The van der Waals surface area contributed by atoms with Gasteiger partial charge in [-0.3, -0.25) is 0 Å². The Morgan fingerprint density at radius 2 is 1.73 bits per heavy atom. The molecule has 2 unspecified atom stereocenters. The SMILES string of the molecule is COc1ccc(CC2(CO)CNCC2c2ccccc2OC)cc1OC. The quantitative estimate of drug-likeness (QED) is 0.798. The fourth-order valence-corrected chi connectivity index (χ4v) is 4.00. The van der Waals surface area contributed by atoms with E-state index in [0.717, 1.165) is 36.4 Å². The molecule has 0 bridgehead atoms. The fraction of sp³-hybridized carbons (Fsp3) is 0.429. The minimum atomic E-state index is -0.297. The van der Waals surface area contributed by atoms with Crippen molar-refractivity contribution in [3.05, 3.63) is 53.6 Å². The van der Waals surface area contributed by atoms with Crippen LogP contribution in [-0.2, 0) is 6.42 Å². The zero-order chi connectivity index (χ0) is 18.6. The number of aliphatic hydroxyl groups is 1. The van der Waals surface area contributed by atoms with Gasteiger partial charge < -0.3 is 24.6 Å². The van der Waals surface area contributed by atoms with Crippen LogP contribution in [0.15, 0.2) is 42.5 Å². The molecule has 3 rings (SSSR count). The van der Waals surface area contributed by atoms with Crippen LogP contribution in [0.4, 0.5) is 0 Å². The second-order valence-electron chi connectivity index (χ2n) is 6.81. The minimum Gasteiger partial charge on any atom is -0.496 e. The van der Waals surface area contributed by atoms with Crippen LogP contribution >= 0.6 is 0 Å². The summed E-state index contributed by atoms with van der Waals surface area (Å²) in [5.41, 5.74) is 1.95. The molecule has 0 aliphatic carbocycles. The highest BCUT2D eigenvalue weighted by atomic mass is 16.5. The minimum absolute atomic E-state index is 0.0943. The van der Waals surface area contributed by atoms with Gasteiger partial charge in [0.05, 0.1) is 27.9 Å². The van der Waals surface area contributed by atoms with Gasteiger partial charge in [-0.25, -0.2) is 0 Å². The van der Waals surface area contributed by atoms with Gasteiger partial charge >= 0.3 is 0 Å². The van der Waals surface area contributed by atoms with Gasteiger partial charge in [0.1, 0.15) is 5.75 Å². The Bertz CT molecular complexity index is 749. The number of hydrogen-bond acceptors (Lipinski definition) is 5. The summed E-state index contributed by atoms with van der Waals surface area (Å²) in [6.07, 6.45) is 0.736. The Morgan fingerprint density at radius 1 is 1.00 bits per heavy atom. The second-order valence-corrected chi connectivity index (χ2v) is 6.81. The van der Waals surface area contributed by atoms with E-state index in [1.54, 1.807) is 21.3 Å². The van der Waals surface area contributed by atoms with Crippen LogP contribution in [0.3, 0.4) is 0 Å². The Balaban J connectivity index is 1.95. The maximum atomic E-state index is 10.4. The Labute approximate surface area is 154 Å². The predicted octanol–water partition coefficient (Wildman–Crippen LogP) is 2.62. The molecule has 140 valence electrons. The Hall–Kier alpha value is -2.24. The maximum absolute atomic E-state index is 10.4. The zero-order valence-corrected chi connectivity index (χ0v) is 15.6. The van der Waals surface area contributed by atoms with Crippen molar-refractivity contribution in [3.63, 3.8) is 0 Å². The van der Waals surface area contributed by atoms with E-state index in [1.807, 2.05) is 36.4 Å². The number of methoxy groups -OCH3 is 3. The topological polar surface area (TPSA) is 60.0 Å². The highest BCUT2D eigenvalue weighted by Gasteiger charge is 2.44. The molecule has 2 atom stereocenters. The molecule has 26 heavy (non-hydrogen) atoms. The molecule has 0 saturated carbocycles. The number of nitrogens with one attached hydrogen (secondary N) is 1. The van der Waals surface area contributed by atoms with E-state index >= 15 is 0 Å². The van der Waals surface area contributed by atoms with E-state index in [1.165, 1.54) is 0 Å². The standard InChI is InChI=1S/C21H27NO4/c1-24-18-7-5-4-6-16(18)17-12-22-13-21(17,14-23)11-15-8-9-19(25-2)20(10-15)26-3/h4-10,17,22-23H,11-14H2,1-3H3. The lowest BCUT2D eigenvalue weighted by Crippen LogP contribution is -2.35. The van der Waals surface area contributed by atoms with Crippen molar-refractivity contribution >= 4 is 0 Å². The lowest BCUT2D eigenvalue weighted by atomic mass is 9.71. The van der Waals surface area contributed by atoms with E-state index in [4.69, 9.17) is 14.2 Å². The molecule has 2 aromatic rings. The monoisotopic (exact) mass is 357 g/mol. The molecule has 1 aliphatic rings. The maximum Gasteiger partial charge on any atom is 0.160 e. The summed E-state index contributed by atoms with van der Waals surface area (Å²) in [5, 5.41) is 13.8. The van der Waals surface area contributed by atoms with Crippen molar-refractivity contribution in [2.24, 2.45) is 5.41 Å². The van der Waals surface area contributed by atoms with Gasteiger partial charge in [0.15, 0.2) is 11.5 Å². The van der Waals surface area contributed by atoms with Crippen molar-refractivity contribution in [1.82, 2.24) is 5.32 Å². The second kappa shape index (κ2) is 7.98. The summed E-state index contributed by atoms with van der Waals surface area (Å²) < 4.78 is 16.3. The van der Waals surface area contributed by atoms with Crippen LogP contribution in [0.2, 0.25) is 0 Å². The van der Waals surface area contributed by atoms with Crippen molar-refractivity contribution < 1.29 is 19.3 Å². The van der Waals surface area contributed by atoms with Crippen molar-refractivity contribution in [2.75, 3.05) is 41.0 Å². The number of aliphatic hydroxyl groups excluding tert-OH is 1. The highest BCUT2D eigenvalue weighted by Crippen LogP contribution is 2.45. The van der Waals surface area contributed by atoms with Crippen LogP contribution in [0.1, 0.15) is 17.0 Å². The largest absolute Gasteiger partial charge is 0.496 e. The number of hydrogen-bond donors (Lipinski definition) is 2. The highest BCUT2D eigenvalue weighted by molar-refractivity contribution is 5.44. The third kappa shape index (κ3) is 3.37. The summed E-state index contributed by atoms with van der Waals surface area (Å²) in [4.78, 5) is 0. The predicted molar refractivity (Wildman–Crippen MR) is 101 cm³/mol. The average molecular weight is 357 g/mol. The number of rotatable bonds is 7. The average Bonchev–Trinajstić information content (AvgIpc) is 3.11. The molecule has 1 saturated heterocycles. The van der Waals surface area contributed by atoms with Crippen LogP contribution in [0.5, 0.6) is 17.2 Å². The molecule has 2 aromatic carbocycles. The van der Waals surface area contributed by atoms with Crippen LogP contribution < -0.4 is 19.5 Å². The van der Waals surface area contributed by atoms with Gasteiger partial charge in [-0.1, -0.05) is 24.3 Å². The third-order valence-electron chi connectivity index (χ3n) is 5.40. The number of benzene rings is 2. The Morgan fingerprint density at radius 3 is 2.42 bits per heavy atom. The zero-order valence-electron chi connectivity index (χ0n) is 15.6. The molecule has 2 N–H and O–H groups in total. The van der Waals surface area contributed by atoms with E-state index in [9.17, 15) is 5.11 Å². The van der Waals surface area contributed by atoms with Gasteiger partial charge in [-0.15, -0.1) is 0 Å². The molecular formula is C21H27NO4. The van der Waals surface area contributed by atoms with E-state index < -0.39 is 0 Å². The summed E-state index contributed by atoms with van der Waals surface area (Å²) in [6, 6.07) is 14.0. The molecule has 5 nitrogen and oxygen atoms in total. The summed E-state index contributed by atoms with van der Waals surface area (Å²) >= 11 is 0. The van der Waals surface area contributed by atoms with Crippen molar-refractivity contribution in [1.29, 1.82) is 0 Å². The normalized spacial score (nSPS) is 22.2. The van der Waals surface area contributed by atoms with Gasteiger partial charge in [-0.05, 0) is 35.7 Å². The first-order valence-electron chi connectivity index (χ1n) is 8.83. The molecule has 0 spiro atoms. The number of para-hydroxylation sites is 1. The smallest absolute Gasteiger partial charge is 0.160 e.